The Bertz CT molecular complexity index is 1060. The number of aromatic nitrogens is 2. The summed E-state index contributed by atoms with van der Waals surface area (Å²) in [5.41, 5.74) is 2.98. The number of hydrogen-bond donors (Lipinski definition) is 1. The highest BCUT2D eigenvalue weighted by Gasteiger charge is 2.33. The molecule has 0 aliphatic carbocycles. The largest absolute Gasteiger partial charge is 0.416 e. The van der Waals surface area contributed by atoms with E-state index in [0.717, 1.165) is 22.9 Å². The maximum Gasteiger partial charge on any atom is 0.416 e. The van der Waals surface area contributed by atoms with E-state index in [1.54, 1.807) is 0 Å². The Morgan fingerprint density at radius 1 is 1.27 bits per heavy atom. The molecule has 0 spiro atoms. The Balaban J connectivity index is 2.34. The van der Waals surface area contributed by atoms with Crippen LogP contribution in [0.5, 0.6) is 0 Å². The molecule has 1 aromatic heterocycles. The quantitative estimate of drug-likeness (QED) is 0.863. The van der Waals surface area contributed by atoms with Gasteiger partial charge in [-0.3, -0.25) is 19.1 Å². The molecular formula is C16H13F3N4O3. The maximum absolute atomic E-state index is 13.2. The number of benzene rings is 1. The maximum atomic E-state index is 13.2. The first-order chi connectivity index (χ1) is 12.1. The van der Waals surface area contributed by atoms with Gasteiger partial charge in [-0.25, -0.2) is 4.79 Å². The van der Waals surface area contributed by atoms with Gasteiger partial charge in [0.15, 0.2) is 0 Å². The van der Waals surface area contributed by atoms with E-state index in [0.29, 0.717) is 15.7 Å². The lowest BCUT2D eigenvalue weighted by Crippen LogP contribution is -2.42. The van der Waals surface area contributed by atoms with Crippen LogP contribution < -0.4 is 17.0 Å². The number of aryl methyl sites for hydroxylation is 1. The van der Waals surface area contributed by atoms with Crippen molar-refractivity contribution in [3.8, 4) is 11.1 Å². The molecule has 10 heteroatoms. The lowest BCUT2D eigenvalue weighted by Gasteiger charge is -2.15. The first kappa shape index (κ1) is 17.6. The number of hydrogen-bond acceptors (Lipinski definition) is 4. The number of fused-ring (bicyclic) bond motifs is 1. The van der Waals surface area contributed by atoms with E-state index in [1.165, 1.54) is 13.3 Å². The second kappa shape index (κ2) is 5.97. The SMILES string of the molecule is Cn1cc(-c2cc(C(F)(F)F)cc3c2C=NC3)c(=O)n(CC(N)=O)c1=O. The van der Waals surface area contributed by atoms with E-state index < -0.39 is 35.4 Å². The van der Waals surface area contributed by atoms with E-state index >= 15 is 0 Å². The minimum absolute atomic E-state index is 0.00473. The third kappa shape index (κ3) is 2.93. The summed E-state index contributed by atoms with van der Waals surface area (Å²) in [7, 11) is 1.32. The molecule has 7 nitrogen and oxygen atoms in total. The van der Waals surface area contributed by atoms with E-state index in [2.05, 4.69) is 4.99 Å². The van der Waals surface area contributed by atoms with Crippen LogP contribution in [0, 0.1) is 0 Å². The van der Waals surface area contributed by atoms with Crippen molar-refractivity contribution in [2.45, 2.75) is 19.3 Å². The highest BCUT2D eigenvalue weighted by molar-refractivity contribution is 5.94. The second-order valence-corrected chi connectivity index (χ2v) is 5.86. The van der Waals surface area contributed by atoms with Gasteiger partial charge in [0, 0.05) is 25.0 Å². The van der Waals surface area contributed by atoms with Crippen molar-refractivity contribution in [1.82, 2.24) is 9.13 Å². The molecule has 2 heterocycles. The number of carbonyl (C=O) groups excluding carboxylic acids is 1. The van der Waals surface area contributed by atoms with Crippen LogP contribution in [0.1, 0.15) is 16.7 Å². The van der Waals surface area contributed by atoms with Crippen molar-refractivity contribution in [1.29, 1.82) is 0 Å². The van der Waals surface area contributed by atoms with Crippen LogP contribution >= 0.6 is 0 Å². The summed E-state index contributed by atoms with van der Waals surface area (Å²) in [4.78, 5) is 39.8. The van der Waals surface area contributed by atoms with Crippen molar-refractivity contribution in [3.63, 3.8) is 0 Å². The number of amides is 1. The van der Waals surface area contributed by atoms with Gasteiger partial charge in [-0.1, -0.05) is 0 Å². The third-order valence-corrected chi connectivity index (χ3v) is 4.01. The summed E-state index contributed by atoms with van der Waals surface area (Å²) < 4.78 is 41.2. The Morgan fingerprint density at radius 2 is 1.96 bits per heavy atom. The van der Waals surface area contributed by atoms with Gasteiger partial charge < -0.3 is 10.3 Å². The van der Waals surface area contributed by atoms with Crippen molar-refractivity contribution in [3.05, 3.63) is 55.9 Å². The molecule has 26 heavy (non-hydrogen) atoms. The van der Waals surface area contributed by atoms with Gasteiger partial charge in [-0.05, 0) is 23.3 Å². The number of aliphatic imine (C=N–C) groups is 1. The van der Waals surface area contributed by atoms with Crippen LogP contribution in [-0.2, 0) is 31.1 Å². The second-order valence-electron chi connectivity index (χ2n) is 5.86. The van der Waals surface area contributed by atoms with E-state index in [4.69, 9.17) is 5.73 Å². The molecule has 1 amide bonds. The molecule has 2 N–H and O–H groups in total. The zero-order chi connectivity index (χ0) is 19.2. The average Bonchev–Trinajstić information content (AvgIpc) is 3.01. The topological polar surface area (TPSA) is 99.4 Å². The molecule has 0 saturated carbocycles. The minimum atomic E-state index is -4.61. The summed E-state index contributed by atoms with van der Waals surface area (Å²) in [6.07, 6.45) is -2.09. The number of rotatable bonds is 3. The number of nitrogens with two attached hydrogens (primary N) is 1. The Morgan fingerprint density at radius 3 is 2.58 bits per heavy atom. The molecule has 136 valence electrons. The van der Waals surface area contributed by atoms with Crippen molar-refractivity contribution < 1.29 is 18.0 Å². The van der Waals surface area contributed by atoms with Crippen molar-refractivity contribution >= 4 is 12.1 Å². The molecule has 0 fully saturated rings. The van der Waals surface area contributed by atoms with Crippen LogP contribution in [-0.4, -0.2) is 21.3 Å². The zero-order valence-electron chi connectivity index (χ0n) is 13.5. The molecule has 1 aliphatic heterocycles. The molecule has 0 unspecified atom stereocenters. The summed E-state index contributed by atoms with van der Waals surface area (Å²) in [5.74, 6) is -0.919. The highest BCUT2D eigenvalue weighted by atomic mass is 19.4. The lowest BCUT2D eigenvalue weighted by molar-refractivity contribution is -0.137. The summed E-state index contributed by atoms with van der Waals surface area (Å²) in [5, 5.41) is 0. The van der Waals surface area contributed by atoms with Crippen molar-refractivity contribution in [2.24, 2.45) is 17.8 Å². The minimum Gasteiger partial charge on any atom is -0.368 e. The first-order valence-corrected chi connectivity index (χ1v) is 7.42. The summed E-state index contributed by atoms with van der Waals surface area (Å²) >= 11 is 0. The standard InChI is InChI=1S/C16H13F3N4O3/c1-22-6-12(14(25)23(15(22)26)7-13(20)24)10-3-9(16(17,18)19)2-8-4-21-5-11(8)10/h2-3,5-6H,4,7H2,1H3,(H2,20,24). The molecule has 0 radical (unpaired) electrons. The van der Waals surface area contributed by atoms with Gasteiger partial charge >= 0.3 is 11.9 Å². The number of carbonyl (C=O) groups is 1. The number of alkyl halides is 3. The molecule has 0 atom stereocenters. The van der Waals surface area contributed by atoms with Crippen LogP contribution in [0.2, 0.25) is 0 Å². The fraction of sp³-hybridized carbons (Fsp3) is 0.250. The first-order valence-electron chi connectivity index (χ1n) is 7.42. The van der Waals surface area contributed by atoms with E-state index in [9.17, 15) is 27.6 Å². The van der Waals surface area contributed by atoms with Gasteiger partial charge in [0.05, 0.1) is 17.7 Å². The van der Waals surface area contributed by atoms with Crippen LogP contribution in [0.15, 0.2) is 32.9 Å². The zero-order valence-corrected chi connectivity index (χ0v) is 13.5. The predicted molar refractivity (Wildman–Crippen MR) is 86.9 cm³/mol. The van der Waals surface area contributed by atoms with Crippen LogP contribution in [0.3, 0.4) is 0 Å². The molecule has 0 bridgehead atoms. The van der Waals surface area contributed by atoms with E-state index in [1.807, 2.05) is 0 Å². The highest BCUT2D eigenvalue weighted by Crippen LogP contribution is 2.36. The van der Waals surface area contributed by atoms with Crippen molar-refractivity contribution in [2.75, 3.05) is 0 Å². The van der Waals surface area contributed by atoms with Crippen LogP contribution in [0.25, 0.3) is 11.1 Å². The molecule has 1 aliphatic rings. The Hall–Kier alpha value is -3.17. The Kier molecular flexibility index (Phi) is 4.05. The van der Waals surface area contributed by atoms with Gasteiger partial charge in [-0.15, -0.1) is 0 Å². The number of halogens is 3. The average molecular weight is 366 g/mol. The van der Waals surface area contributed by atoms with Gasteiger partial charge in [-0.2, -0.15) is 13.2 Å². The summed E-state index contributed by atoms with van der Waals surface area (Å²) in [6.45, 7) is -0.609. The van der Waals surface area contributed by atoms with Gasteiger partial charge in [0.25, 0.3) is 5.56 Å². The van der Waals surface area contributed by atoms with Crippen LogP contribution in [0.4, 0.5) is 13.2 Å². The predicted octanol–water partition coefficient (Wildman–Crippen LogP) is 0.651. The number of nitrogens with zero attached hydrogens (tertiary/aromatic N) is 3. The molecule has 2 aromatic rings. The monoisotopic (exact) mass is 366 g/mol. The number of primary amides is 1. The fourth-order valence-corrected chi connectivity index (χ4v) is 2.83. The van der Waals surface area contributed by atoms with E-state index in [-0.39, 0.29) is 17.7 Å². The molecule has 3 rings (SSSR count). The smallest absolute Gasteiger partial charge is 0.368 e. The molecular weight excluding hydrogens is 353 g/mol. The fourth-order valence-electron chi connectivity index (χ4n) is 2.83. The Labute approximate surface area is 144 Å². The van der Waals surface area contributed by atoms with Gasteiger partial charge in [0.2, 0.25) is 5.91 Å². The van der Waals surface area contributed by atoms with Gasteiger partial charge in [0.1, 0.15) is 6.54 Å². The summed E-state index contributed by atoms with van der Waals surface area (Å²) in [6, 6.07) is 1.82. The molecule has 0 saturated heterocycles. The lowest BCUT2D eigenvalue weighted by atomic mass is 9.95. The third-order valence-electron chi connectivity index (χ3n) is 4.01. The molecule has 1 aromatic carbocycles. The normalized spacial score (nSPS) is 13.1.